The molecule has 0 unspecified atom stereocenters. The molecule has 1 heterocycles. The number of hydrogen-bond acceptors (Lipinski definition) is 4. The molecule has 0 bridgehead atoms. The van der Waals surface area contributed by atoms with Crippen LogP contribution >= 0.6 is 0 Å². The molecule has 0 saturated carbocycles. The summed E-state index contributed by atoms with van der Waals surface area (Å²) in [4.78, 5) is 12.2. The van der Waals surface area contributed by atoms with Crippen molar-refractivity contribution in [3.63, 3.8) is 0 Å². The van der Waals surface area contributed by atoms with E-state index >= 15 is 0 Å². The van der Waals surface area contributed by atoms with Gasteiger partial charge in [-0.15, -0.1) is 0 Å². The number of benzene rings is 2. The third kappa shape index (κ3) is 5.05. The summed E-state index contributed by atoms with van der Waals surface area (Å²) < 4.78 is 11.3. The molecule has 2 aromatic rings. The molecule has 0 radical (unpaired) electrons. The zero-order valence-corrected chi connectivity index (χ0v) is 14.4. The van der Waals surface area contributed by atoms with Crippen LogP contribution in [0.15, 0.2) is 54.6 Å². The van der Waals surface area contributed by atoms with E-state index in [-0.39, 0.29) is 18.1 Å². The third-order valence-electron chi connectivity index (χ3n) is 4.24. The summed E-state index contributed by atoms with van der Waals surface area (Å²) in [5.41, 5.74) is 2.17. The molecule has 2 N–H and O–H groups in total. The largest absolute Gasteiger partial charge is 0.489 e. The van der Waals surface area contributed by atoms with Gasteiger partial charge in [0.1, 0.15) is 18.4 Å². The Balaban J connectivity index is 1.46. The highest BCUT2D eigenvalue weighted by Gasteiger charge is 2.27. The van der Waals surface area contributed by atoms with E-state index in [0.29, 0.717) is 26.3 Å². The van der Waals surface area contributed by atoms with Crippen molar-refractivity contribution in [3.05, 3.63) is 65.7 Å². The zero-order valence-electron chi connectivity index (χ0n) is 14.4. The smallest absolute Gasteiger partial charge is 0.240 e. The van der Waals surface area contributed by atoms with Gasteiger partial charge in [0, 0.05) is 13.1 Å². The lowest BCUT2D eigenvalue weighted by Crippen LogP contribution is -2.55. The molecule has 2 aromatic carbocycles. The molecular weight excluding hydrogens is 316 g/mol. The number of nitrogens with one attached hydrogen (secondary N) is 2. The highest BCUT2D eigenvalue weighted by molar-refractivity contribution is 5.82. The second kappa shape index (κ2) is 8.65. The van der Waals surface area contributed by atoms with Crippen LogP contribution in [0.4, 0.5) is 0 Å². The predicted octanol–water partition coefficient (Wildman–Crippen LogP) is 2.26. The van der Waals surface area contributed by atoms with Crippen LogP contribution in [-0.4, -0.2) is 31.2 Å². The Labute approximate surface area is 148 Å². The number of ether oxygens (including phenoxy) is 2. The standard InChI is InChI=1S/C20H24N2O3/c1-15-19(21-11-12-24-15)20(23)22-13-16-7-9-18(10-8-16)25-14-17-5-3-2-4-6-17/h2-10,15,19,21H,11-14H2,1H3,(H,22,23)/t15-,19+/m1/s1. The number of carbonyl (C=O) groups is 1. The summed E-state index contributed by atoms with van der Waals surface area (Å²) in [5, 5.41) is 6.14. The fourth-order valence-electron chi connectivity index (χ4n) is 2.77. The molecule has 5 nitrogen and oxygen atoms in total. The summed E-state index contributed by atoms with van der Waals surface area (Å²) in [5.74, 6) is 0.784. The minimum atomic E-state index is -0.290. The molecule has 1 aliphatic rings. The number of carbonyl (C=O) groups excluding carboxylic acids is 1. The average molecular weight is 340 g/mol. The number of morpholine rings is 1. The highest BCUT2D eigenvalue weighted by atomic mass is 16.5. The quantitative estimate of drug-likeness (QED) is 0.847. The molecule has 1 fully saturated rings. The Morgan fingerprint density at radius 1 is 1.16 bits per heavy atom. The summed E-state index contributed by atoms with van der Waals surface area (Å²) >= 11 is 0. The van der Waals surface area contributed by atoms with Crippen molar-refractivity contribution in [2.45, 2.75) is 32.2 Å². The first kappa shape index (κ1) is 17.5. The van der Waals surface area contributed by atoms with Crippen LogP contribution in [-0.2, 0) is 22.7 Å². The zero-order chi connectivity index (χ0) is 17.5. The molecule has 1 saturated heterocycles. The maximum atomic E-state index is 12.2. The molecule has 25 heavy (non-hydrogen) atoms. The van der Waals surface area contributed by atoms with E-state index in [4.69, 9.17) is 9.47 Å². The molecule has 132 valence electrons. The van der Waals surface area contributed by atoms with Crippen LogP contribution in [0, 0.1) is 0 Å². The molecule has 1 amide bonds. The van der Waals surface area contributed by atoms with Crippen LogP contribution in [0.25, 0.3) is 0 Å². The summed E-state index contributed by atoms with van der Waals surface area (Å²) in [6, 6.07) is 17.6. The first-order chi connectivity index (χ1) is 12.2. The number of rotatable bonds is 6. The Morgan fingerprint density at radius 3 is 2.64 bits per heavy atom. The summed E-state index contributed by atoms with van der Waals surface area (Å²) in [6.45, 7) is 4.30. The topological polar surface area (TPSA) is 59.6 Å². The Kier molecular flexibility index (Phi) is 6.04. The average Bonchev–Trinajstić information content (AvgIpc) is 2.66. The van der Waals surface area contributed by atoms with Crippen LogP contribution in [0.5, 0.6) is 5.75 Å². The first-order valence-corrected chi connectivity index (χ1v) is 8.61. The van der Waals surface area contributed by atoms with Crippen LogP contribution < -0.4 is 15.4 Å². The van der Waals surface area contributed by atoms with Crippen molar-refractivity contribution < 1.29 is 14.3 Å². The van der Waals surface area contributed by atoms with Crippen molar-refractivity contribution >= 4 is 5.91 Å². The van der Waals surface area contributed by atoms with Crippen molar-refractivity contribution in [3.8, 4) is 5.75 Å². The molecule has 2 atom stereocenters. The fraction of sp³-hybridized carbons (Fsp3) is 0.350. The lowest BCUT2D eigenvalue weighted by Gasteiger charge is -2.29. The van der Waals surface area contributed by atoms with E-state index in [1.54, 1.807) is 0 Å². The van der Waals surface area contributed by atoms with E-state index in [9.17, 15) is 4.79 Å². The van der Waals surface area contributed by atoms with Crippen LogP contribution in [0.2, 0.25) is 0 Å². The lowest BCUT2D eigenvalue weighted by molar-refractivity contribution is -0.129. The molecule has 1 aliphatic heterocycles. The predicted molar refractivity (Wildman–Crippen MR) is 96.3 cm³/mol. The normalized spacial score (nSPS) is 20.0. The first-order valence-electron chi connectivity index (χ1n) is 8.61. The Bertz CT molecular complexity index is 673. The van der Waals surface area contributed by atoms with Gasteiger partial charge in [-0.25, -0.2) is 0 Å². The fourth-order valence-corrected chi connectivity index (χ4v) is 2.77. The Hall–Kier alpha value is -2.37. The molecule has 0 aliphatic carbocycles. The van der Waals surface area contributed by atoms with E-state index in [0.717, 1.165) is 16.9 Å². The van der Waals surface area contributed by atoms with Gasteiger partial charge in [-0.2, -0.15) is 0 Å². The highest BCUT2D eigenvalue weighted by Crippen LogP contribution is 2.14. The van der Waals surface area contributed by atoms with Crippen LogP contribution in [0.1, 0.15) is 18.1 Å². The van der Waals surface area contributed by atoms with Gasteiger partial charge >= 0.3 is 0 Å². The second-order valence-electron chi connectivity index (χ2n) is 6.14. The van der Waals surface area contributed by atoms with E-state index in [2.05, 4.69) is 10.6 Å². The van der Waals surface area contributed by atoms with Gasteiger partial charge in [-0.05, 0) is 30.2 Å². The SMILES string of the molecule is C[C@H]1OCCN[C@@H]1C(=O)NCc1ccc(OCc2ccccc2)cc1. The second-order valence-corrected chi connectivity index (χ2v) is 6.14. The number of hydrogen-bond donors (Lipinski definition) is 2. The van der Waals surface area contributed by atoms with E-state index in [1.165, 1.54) is 0 Å². The minimum Gasteiger partial charge on any atom is -0.489 e. The summed E-state index contributed by atoms with van der Waals surface area (Å²) in [6.07, 6.45) is -0.109. The van der Waals surface area contributed by atoms with E-state index < -0.39 is 0 Å². The van der Waals surface area contributed by atoms with Crippen molar-refractivity contribution in [2.24, 2.45) is 0 Å². The van der Waals surface area contributed by atoms with Crippen molar-refractivity contribution in [2.75, 3.05) is 13.2 Å². The maximum absolute atomic E-state index is 12.2. The molecule has 5 heteroatoms. The van der Waals surface area contributed by atoms with Gasteiger partial charge in [-0.3, -0.25) is 4.79 Å². The van der Waals surface area contributed by atoms with Gasteiger partial charge < -0.3 is 20.1 Å². The summed E-state index contributed by atoms with van der Waals surface area (Å²) in [7, 11) is 0. The molecule has 0 spiro atoms. The van der Waals surface area contributed by atoms with Crippen molar-refractivity contribution in [1.29, 1.82) is 0 Å². The lowest BCUT2D eigenvalue weighted by atomic mass is 10.1. The van der Waals surface area contributed by atoms with Gasteiger partial charge in [0.05, 0.1) is 12.7 Å². The van der Waals surface area contributed by atoms with Crippen molar-refractivity contribution in [1.82, 2.24) is 10.6 Å². The molecule has 3 rings (SSSR count). The van der Waals surface area contributed by atoms with Gasteiger partial charge in [0.2, 0.25) is 5.91 Å². The monoisotopic (exact) mass is 340 g/mol. The Morgan fingerprint density at radius 2 is 1.92 bits per heavy atom. The van der Waals surface area contributed by atoms with Gasteiger partial charge in [0.25, 0.3) is 0 Å². The van der Waals surface area contributed by atoms with Crippen LogP contribution in [0.3, 0.4) is 0 Å². The van der Waals surface area contributed by atoms with Gasteiger partial charge in [-0.1, -0.05) is 42.5 Å². The molecule has 0 aromatic heterocycles. The third-order valence-corrected chi connectivity index (χ3v) is 4.24. The molecular formula is C20H24N2O3. The van der Waals surface area contributed by atoms with E-state index in [1.807, 2.05) is 61.5 Å². The van der Waals surface area contributed by atoms with Gasteiger partial charge in [0.15, 0.2) is 0 Å². The maximum Gasteiger partial charge on any atom is 0.240 e. The minimum absolute atomic E-state index is 0.0309. The number of amides is 1.